The summed E-state index contributed by atoms with van der Waals surface area (Å²) in [5.41, 5.74) is 1.21. The number of hydrogen-bond acceptors (Lipinski definition) is 2. The van der Waals surface area contributed by atoms with Gasteiger partial charge in [0.1, 0.15) is 5.75 Å². The van der Waals surface area contributed by atoms with Gasteiger partial charge in [0.15, 0.2) is 0 Å². The molecule has 0 bridgehead atoms. The lowest BCUT2D eigenvalue weighted by molar-refractivity contribution is 0.280. The first-order chi connectivity index (χ1) is 8.27. The molecule has 1 aromatic carbocycles. The Morgan fingerprint density at radius 2 is 2.12 bits per heavy atom. The normalized spacial score (nSPS) is 12.1. The van der Waals surface area contributed by atoms with E-state index in [9.17, 15) is 0 Å². The molecule has 0 fully saturated rings. The van der Waals surface area contributed by atoms with Crippen molar-refractivity contribution in [3.8, 4) is 5.75 Å². The zero-order valence-electron chi connectivity index (χ0n) is 10.6. The van der Waals surface area contributed by atoms with Crippen LogP contribution in [0.1, 0.15) is 25.3 Å². The van der Waals surface area contributed by atoms with Crippen molar-refractivity contribution in [1.29, 1.82) is 0 Å². The van der Waals surface area contributed by atoms with E-state index in [1.54, 1.807) is 0 Å². The maximum Gasteiger partial charge on any atom is 0.122 e. The van der Waals surface area contributed by atoms with Crippen LogP contribution in [0.5, 0.6) is 5.75 Å². The molecule has 1 unspecified atom stereocenters. The van der Waals surface area contributed by atoms with Gasteiger partial charge in [0.25, 0.3) is 0 Å². The molecule has 0 spiro atoms. The number of benzene rings is 1. The largest absolute Gasteiger partial charge is 0.493 e. The van der Waals surface area contributed by atoms with Gasteiger partial charge in [-0.05, 0) is 42.6 Å². The van der Waals surface area contributed by atoms with Crippen molar-refractivity contribution < 1.29 is 4.74 Å². The molecule has 2 heteroatoms. The van der Waals surface area contributed by atoms with Crippen molar-refractivity contribution in [2.45, 2.75) is 26.2 Å². The summed E-state index contributed by atoms with van der Waals surface area (Å²) in [7, 11) is 0. The Kier molecular flexibility index (Phi) is 6.87. The molecule has 1 nitrogen and oxygen atoms in total. The van der Waals surface area contributed by atoms with E-state index >= 15 is 0 Å². The molecular weight excluding hydrogens is 228 g/mol. The second-order valence-corrected chi connectivity index (χ2v) is 4.80. The minimum atomic E-state index is 0.680. The highest BCUT2D eigenvalue weighted by Crippen LogP contribution is 2.19. The Morgan fingerprint density at radius 1 is 1.35 bits per heavy atom. The van der Waals surface area contributed by atoms with E-state index in [4.69, 9.17) is 4.74 Å². The Bertz CT molecular complexity index is 335. The van der Waals surface area contributed by atoms with Crippen LogP contribution in [-0.2, 0) is 6.42 Å². The molecule has 0 N–H and O–H groups in total. The number of hydrogen-bond donors (Lipinski definition) is 1. The van der Waals surface area contributed by atoms with E-state index in [0.717, 1.165) is 37.4 Å². The number of allylic oxidation sites excluding steroid dienone is 1. The van der Waals surface area contributed by atoms with Gasteiger partial charge in [-0.25, -0.2) is 0 Å². The molecule has 0 radical (unpaired) electrons. The van der Waals surface area contributed by atoms with Crippen LogP contribution < -0.4 is 4.74 Å². The van der Waals surface area contributed by atoms with Crippen LogP contribution in [0.2, 0.25) is 0 Å². The summed E-state index contributed by atoms with van der Waals surface area (Å²) in [5.74, 6) is 2.62. The zero-order chi connectivity index (χ0) is 12.5. The Labute approximate surface area is 110 Å². The molecule has 0 aromatic heterocycles. The molecule has 0 heterocycles. The van der Waals surface area contributed by atoms with E-state index in [1.807, 2.05) is 24.3 Å². The van der Waals surface area contributed by atoms with Gasteiger partial charge in [0.05, 0.1) is 6.61 Å². The molecule has 1 rings (SSSR count). The van der Waals surface area contributed by atoms with Crippen LogP contribution in [-0.4, -0.2) is 12.4 Å². The van der Waals surface area contributed by atoms with E-state index in [1.165, 1.54) is 5.56 Å². The first kappa shape index (κ1) is 14.2. The predicted octanol–water partition coefficient (Wildman–Crippen LogP) is 4.14. The average molecular weight is 250 g/mol. The maximum atomic E-state index is 5.83. The third kappa shape index (κ3) is 5.31. The molecule has 0 amide bonds. The van der Waals surface area contributed by atoms with Crippen LogP contribution in [0.25, 0.3) is 0 Å². The molecule has 0 saturated heterocycles. The van der Waals surface area contributed by atoms with Crippen LogP contribution in [0.4, 0.5) is 0 Å². The van der Waals surface area contributed by atoms with Gasteiger partial charge >= 0.3 is 0 Å². The number of rotatable bonds is 8. The summed E-state index contributed by atoms with van der Waals surface area (Å²) < 4.78 is 5.83. The van der Waals surface area contributed by atoms with Gasteiger partial charge in [-0.1, -0.05) is 31.2 Å². The topological polar surface area (TPSA) is 9.23 Å². The monoisotopic (exact) mass is 250 g/mol. The summed E-state index contributed by atoms with van der Waals surface area (Å²) in [6.07, 6.45) is 5.01. The fraction of sp³-hybridized carbons (Fsp3) is 0.467. The van der Waals surface area contributed by atoms with Gasteiger partial charge in [-0.3, -0.25) is 0 Å². The molecule has 17 heavy (non-hydrogen) atoms. The van der Waals surface area contributed by atoms with E-state index in [0.29, 0.717) is 5.92 Å². The highest BCUT2D eigenvalue weighted by Gasteiger charge is 2.04. The Hall–Kier alpha value is -0.890. The third-order valence-corrected chi connectivity index (χ3v) is 3.09. The molecule has 0 saturated carbocycles. The molecule has 0 aliphatic carbocycles. The van der Waals surface area contributed by atoms with Gasteiger partial charge in [0.2, 0.25) is 0 Å². The van der Waals surface area contributed by atoms with E-state index in [-0.39, 0.29) is 0 Å². The second kappa shape index (κ2) is 8.24. The van der Waals surface area contributed by atoms with Gasteiger partial charge < -0.3 is 4.74 Å². The highest BCUT2D eigenvalue weighted by molar-refractivity contribution is 7.80. The van der Waals surface area contributed by atoms with Crippen molar-refractivity contribution in [1.82, 2.24) is 0 Å². The van der Waals surface area contributed by atoms with Crippen molar-refractivity contribution in [2.75, 3.05) is 12.4 Å². The lowest BCUT2D eigenvalue weighted by atomic mass is 10.1. The van der Waals surface area contributed by atoms with E-state index in [2.05, 4.69) is 32.2 Å². The average Bonchev–Trinajstić information content (AvgIpc) is 2.32. The standard InChI is InChI=1S/C15H22OS/c1-3-6-14-7-4-5-8-15(14)16-11-9-13(2)10-12-17/h3-5,7-8,13,17H,1,6,9-12H2,2H3. The quantitative estimate of drug-likeness (QED) is 0.539. The van der Waals surface area contributed by atoms with Crippen LogP contribution in [0, 0.1) is 5.92 Å². The summed E-state index contributed by atoms with van der Waals surface area (Å²) in [4.78, 5) is 0. The first-order valence-corrected chi connectivity index (χ1v) is 6.83. The lowest BCUT2D eigenvalue weighted by Gasteiger charge is -2.13. The minimum absolute atomic E-state index is 0.680. The first-order valence-electron chi connectivity index (χ1n) is 6.20. The Balaban J connectivity index is 2.42. The summed E-state index contributed by atoms with van der Waals surface area (Å²) in [5, 5.41) is 0. The smallest absolute Gasteiger partial charge is 0.122 e. The van der Waals surface area contributed by atoms with Gasteiger partial charge in [-0.15, -0.1) is 6.58 Å². The number of thiol groups is 1. The lowest BCUT2D eigenvalue weighted by Crippen LogP contribution is -2.05. The SMILES string of the molecule is C=CCc1ccccc1OCCC(C)CCS. The maximum absolute atomic E-state index is 5.83. The van der Waals surface area contributed by atoms with E-state index < -0.39 is 0 Å². The number of para-hydroxylation sites is 1. The second-order valence-electron chi connectivity index (χ2n) is 4.36. The molecular formula is C15H22OS. The number of ether oxygens (including phenoxy) is 1. The summed E-state index contributed by atoms with van der Waals surface area (Å²) in [6.45, 7) is 6.79. The summed E-state index contributed by atoms with van der Waals surface area (Å²) in [6, 6.07) is 8.17. The Morgan fingerprint density at radius 3 is 2.82 bits per heavy atom. The third-order valence-electron chi connectivity index (χ3n) is 2.83. The van der Waals surface area contributed by atoms with Crippen molar-refractivity contribution in [3.63, 3.8) is 0 Å². The molecule has 1 atom stereocenters. The molecule has 0 aliphatic heterocycles. The summed E-state index contributed by atoms with van der Waals surface area (Å²) >= 11 is 4.24. The van der Waals surface area contributed by atoms with Crippen molar-refractivity contribution in [3.05, 3.63) is 42.5 Å². The fourth-order valence-electron chi connectivity index (χ4n) is 1.70. The van der Waals surface area contributed by atoms with Gasteiger partial charge in [0, 0.05) is 0 Å². The predicted molar refractivity (Wildman–Crippen MR) is 78.1 cm³/mol. The van der Waals surface area contributed by atoms with Gasteiger partial charge in [-0.2, -0.15) is 12.6 Å². The fourth-order valence-corrected chi connectivity index (χ4v) is 2.14. The highest BCUT2D eigenvalue weighted by atomic mass is 32.1. The zero-order valence-corrected chi connectivity index (χ0v) is 11.5. The van der Waals surface area contributed by atoms with Crippen LogP contribution in [0.15, 0.2) is 36.9 Å². The van der Waals surface area contributed by atoms with Crippen molar-refractivity contribution in [2.24, 2.45) is 5.92 Å². The molecule has 0 aliphatic rings. The molecule has 1 aromatic rings. The minimum Gasteiger partial charge on any atom is -0.493 e. The molecule has 94 valence electrons. The van der Waals surface area contributed by atoms with Crippen LogP contribution in [0.3, 0.4) is 0 Å². The van der Waals surface area contributed by atoms with Crippen molar-refractivity contribution >= 4 is 12.6 Å². The van der Waals surface area contributed by atoms with Crippen LogP contribution >= 0.6 is 12.6 Å².